The number of rotatable bonds is 6. The van der Waals surface area contributed by atoms with Crippen LogP contribution in [-0.2, 0) is 9.53 Å². The smallest absolute Gasteiger partial charge is 0.340 e. The minimum absolute atomic E-state index is 0.193. The van der Waals surface area contributed by atoms with Crippen LogP contribution in [0.3, 0.4) is 0 Å². The predicted molar refractivity (Wildman–Crippen MR) is 132 cm³/mol. The maximum absolute atomic E-state index is 13.0. The van der Waals surface area contributed by atoms with Gasteiger partial charge < -0.3 is 14.5 Å². The summed E-state index contributed by atoms with van der Waals surface area (Å²) in [4.78, 5) is 31.3. The van der Waals surface area contributed by atoms with Crippen LogP contribution in [0.15, 0.2) is 88.7 Å². The van der Waals surface area contributed by atoms with Gasteiger partial charge in [-0.05, 0) is 43.3 Å². The van der Waals surface area contributed by atoms with E-state index in [9.17, 15) is 14.9 Å². The Bertz CT molecular complexity index is 1200. The number of piperazine rings is 1. The first-order valence-corrected chi connectivity index (χ1v) is 11.9. The van der Waals surface area contributed by atoms with E-state index in [2.05, 4.69) is 23.1 Å². The summed E-state index contributed by atoms with van der Waals surface area (Å²) in [5, 5.41) is 9.36. The van der Waals surface area contributed by atoms with Gasteiger partial charge in [0.1, 0.15) is 6.07 Å². The van der Waals surface area contributed by atoms with Gasteiger partial charge in [0.15, 0.2) is 6.10 Å². The SMILES string of the molecule is CC(OC(=O)c1ccccc1Sc1ccccc1C#N)C(=O)N1CCN(c2ccccc2)CC1. The zero-order valence-corrected chi connectivity index (χ0v) is 19.7. The Morgan fingerprint density at radius 2 is 1.50 bits per heavy atom. The lowest BCUT2D eigenvalue weighted by Gasteiger charge is -2.37. The van der Waals surface area contributed by atoms with E-state index in [4.69, 9.17) is 4.74 Å². The maximum atomic E-state index is 13.0. The molecule has 0 aromatic heterocycles. The lowest BCUT2D eigenvalue weighted by molar-refractivity contribution is -0.140. The normalized spacial score (nSPS) is 14.2. The molecule has 0 saturated carbocycles. The van der Waals surface area contributed by atoms with Crippen LogP contribution in [0.5, 0.6) is 0 Å². The van der Waals surface area contributed by atoms with Crippen molar-refractivity contribution in [1.82, 2.24) is 4.90 Å². The second-order valence-electron chi connectivity index (χ2n) is 7.90. The van der Waals surface area contributed by atoms with Gasteiger partial charge in [0.05, 0.1) is 11.1 Å². The summed E-state index contributed by atoms with van der Waals surface area (Å²) in [5.41, 5.74) is 2.05. The molecule has 4 rings (SSSR count). The van der Waals surface area contributed by atoms with Gasteiger partial charge in [0.2, 0.25) is 0 Å². The van der Waals surface area contributed by atoms with E-state index in [1.807, 2.05) is 42.5 Å². The molecule has 0 bridgehead atoms. The van der Waals surface area contributed by atoms with E-state index in [0.29, 0.717) is 29.1 Å². The number of carbonyl (C=O) groups is 2. The molecule has 0 spiro atoms. The van der Waals surface area contributed by atoms with E-state index < -0.39 is 12.1 Å². The van der Waals surface area contributed by atoms with Crippen LogP contribution >= 0.6 is 11.8 Å². The molecule has 0 radical (unpaired) electrons. The van der Waals surface area contributed by atoms with Crippen molar-refractivity contribution in [2.75, 3.05) is 31.1 Å². The highest BCUT2D eigenvalue weighted by molar-refractivity contribution is 7.99. The van der Waals surface area contributed by atoms with Crippen LogP contribution in [0.25, 0.3) is 0 Å². The van der Waals surface area contributed by atoms with Crippen LogP contribution in [0.4, 0.5) is 5.69 Å². The standard InChI is InChI=1S/C27H25N3O3S/c1-20(26(31)30-17-15-29(16-18-30)22-10-3-2-4-11-22)33-27(32)23-12-6-8-14-25(23)34-24-13-7-5-9-21(24)19-28/h2-14,20H,15-18H2,1H3. The third-order valence-electron chi connectivity index (χ3n) is 5.68. The number of hydrogen-bond donors (Lipinski definition) is 0. The first-order chi connectivity index (χ1) is 16.6. The van der Waals surface area contributed by atoms with Crippen LogP contribution in [-0.4, -0.2) is 49.1 Å². The van der Waals surface area contributed by atoms with Crippen molar-refractivity contribution >= 4 is 29.3 Å². The van der Waals surface area contributed by atoms with Gasteiger partial charge in [0, 0.05) is 41.7 Å². The molecule has 1 aliphatic heterocycles. The zero-order valence-electron chi connectivity index (χ0n) is 18.9. The molecule has 6 nitrogen and oxygen atoms in total. The number of ether oxygens (including phenoxy) is 1. The number of hydrogen-bond acceptors (Lipinski definition) is 6. The van der Waals surface area contributed by atoms with Gasteiger partial charge in [-0.2, -0.15) is 5.26 Å². The van der Waals surface area contributed by atoms with Gasteiger partial charge >= 0.3 is 5.97 Å². The number of nitrogens with zero attached hydrogens (tertiary/aromatic N) is 3. The summed E-state index contributed by atoms with van der Waals surface area (Å²) in [7, 11) is 0. The number of esters is 1. The van der Waals surface area contributed by atoms with Crippen LogP contribution in [0.2, 0.25) is 0 Å². The van der Waals surface area contributed by atoms with Crippen molar-refractivity contribution in [2.45, 2.75) is 22.8 Å². The first kappa shape index (κ1) is 23.4. The quantitative estimate of drug-likeness (QED) is 0.489. The number of anilines is 1. The molecule has 1 atom stereocenters. The van der Waals surface area contributed by atoms with Gasteiger partial charge in [-0.15, -0.1) is 0 Å². The summed E-state index contributed by atoms with van der Waals surface area (Å²) in [5.74, 6) is -0.748. The van der Waals surface area contributed by atoms with Crippen LogP contribution in [0.1, 0.15) is 22.8 Å². The number of para-hydroxylation sites is 1. The largest absolute Gasteiger partial charge is 0.449 e. The van der Waals surface area contributed by atoms with Crippen molar-refractivity contribution in [3.8, 4) is 6.07 Å². The lowest BCUT2D eigenvalue weighted by Crippen LogP contribution is -2.51. The number of nitriles is 1. The molecule has 3 aromatic carbocycles. The summed E-state index contributed by atoms with van der Waals surface area (Å²) in [6, 6.07) is 26.6. The number of carbonyl (C=O) groups excluding carboxylic acids is 2. The fourth-order valence-electron chi connectivity index (χ4n) is 3.85. The molecule has 1 amide bonds. The van der Waals surface area contributed by atoms with Crippen molar-refractivity contribution in [3.05, 3.63) is 90.0 Å². The summed E-state index contributed by atoms with van der Waals surface area (Å²) in [6.07, 6.45) is -0.889. The Morgan fingerprint density at radius 3 is 2.21 bits per heavy atom. The molecule has 34 heavy (non-hydrogen) atoms. The molecule has 1 fully saturated rings. The Morgan fingerprint density at radius 1 is 0.882 bits per heavy atom. The average Bonchev–Trinajstić information content (AvgIpc) is 2.89. The highest BCUT2D eigenvalue weighted by atomic mass is 32.2. The molecule has 7 heteroatoms. The molecular formula is C27H25N3O3S. The molecule has 1 heterocycles. The lowest BCUT2D eigenvalue weighted by atomic mass is 10.2. The third kappa shape index (κ3) is 5.41. The minimum atomic E-state index is -0.889. The van der Waals surface area contributed by atoms with Crippen molar-refractivity contribution < 1.29 is 14.3 Å². The van der Waals surface area contributed by atoms with Gasteiger partial charge in [-0.1, -0.05) is 54.2 Å². The van der Waals surface area contributed by atoms with E-state index >= 15 is 0 Å². The van der Waals surface area contributed by atoms with Crippen molar-refractivity contribution in [1.29, 1.82) is 5.26 Å². The molecule has 0 aliphatic carbocycles. The topological polar surface area (TPSA) is 73.6 Å². The van der Waals surface area contributed by atoms with Crippen molar-refractivity contribution in [3.63, 3.8) is 0 Å². The second-order valence-corrected chi connectivity index (χ2v) is 8.99. The van der Waals surface area contributed by atoms with Gasteiger partial charge in [-0.25, -0.2) is 4.79 Å². The van der Waals surface area contributed by atoms with Crippen molar-refractivity contribution in [2.24, 2.45) is 0 Å². The Balaban J connectivity index is 1.38. The van der Waals surface area contributed by atoms with Crippen LogP contribution in [0, 0.1) is 11.3 Å². The highest BCUT2D eigenvalue weighted by Crippen LogP contribution is 2.33. The monoisotopic (exact) mass is 471 g/mol. The van der Waals surface area contributed by atoms with E-state index in [-0.39, 0.29) is 5.91 Å². The highest BCUT2D eigenvalue weighted by Gasteiger charge is 2.28. The summed E-state index contributed by atoms with van der Waals surface area (Å²) < 4.78 is 5.58. The number of amides is 1. The zero-order chi connectivity index (χ0) is 23.9. The molecule has 172 valence electrons. The second kappa shape index (κ2) is 10.9. The summed E-state index contributed by atoms with van der Waals surface area (Å²) >= 11 is 1.33. The van der Waals surface area contributed by atoms with E-state index in [0.717, 1.165) is 23.7 Å². The Kier molecular flexibility index (Phi) is 7.51. The first-order valence-electron chi connectivity index (χ1n) is 11.1. The van der Waals surface area contributed by atoms with Gasteiger partial charge in [0.25, 0.3) is 5.91 Å². The molecule has 3 aromatic rings. The fourth-order valence-corrected chi connectivity index (χ4v) is 4.86. The van der Waals surface area contributed by atoms with E-state index in [1.54, 1.807) is 36.1 Å². The fraction of sp³-hybridized carbons (Fsp3) is 0.222. The average molecular weight is 472 g/mol. The molecule has 0 N–H and O–H groups in total. The minimum Gasteiger partial charge on any atom is -0.449 e. The number of benzene rings is 3. The Hall–Kier alpha value is -3.76. The molecule has 1 aliphatic rings. The summed E-state index contributed by atoms with van der Waals surface area (Å²) in [6.45, 7) is 4.23. The molecule has 1 saturated heterocycles. The Labute approximate surface area is 203 Å². The van der Waals surface area contributed by atoms with Crippen LogP contribution < -0.4 is 4.90 Å². The maximum Gasteiger partial charge on any atom is 0.340 e. The van der Waals surface area contributed by atoms with E-state index in [1.165, 1.54) is 11.8 Å². The third-order valence-corrected chi connectivity index (χ3v) is 6.83. The molecular weight excluding hydrogens is 446 g/mol. The predicted octanol–water partition coefficient (Wildman–Crippen LogP) is 4.60. The van der Waals surface area contributed by atoms with Gasteiger partial charge in [-0.3, -0.25) is 4.79 Å². The molecule has 1 unspecified atom stereocenters.